The van der Waals surface area contributed by atoms with Crippen LogP contribution in [0.1, 0.15) is 24.5 Å². The van der Waals surface area contributed by atoms with E-state index in [1.54, 1.807) is 6.07 Å². The molecule has 1 aliphatic rings. The molecular weight excluding hydrogens is 239 g/mol. The maximum absolute atomic E-state index is 12.6. The van der Waals surface area contributed by atoms with Gasteiger partial charge in [-0.05, 0) is 49.4 Å². The van der Waals surface area contributed by atoms with E-state index in [1.807, 2.05) is 0 Å². The first-order valence-corrected chi connectivity index (χ1v) is 6.33. The quantitative estimate of drug-likeness (QED) is 0.855. The number of hydrogen-bond donors (Lipinski definition) is 1. The first kappa shape index (κ1) is 13.4. The molecule has 0 bridgehead atoms. The lowest BCUT2D eigenvalue weighted by atomic mass is 9.83. The number of hydrogen-bond acceptors (Lipinski definition) is 1. The maximum Gasteiger partial charge on any atom is 0.416 e. The van der Waals surface area contributed by atoms with E-state index in [-0.39, 0.29) is 0 Å². The van der Waals surface area contributed by atoms with E-state index in [1.165, 1.54) is 12.1 Å². The second-order valence-corrected chi connectivity index (χ2v) is 5.13. The number of rotatable bonds is 2. The molecule has 1 heterocycles. The second-order valence-electron chi connectivity index (χ2n) is 5.13. The Morgan fingerprint density at radius 1 is 1.33 bits per heavy atom. The molecule has 2 rings (SSSR count). The van der Waals surface area contributed by atoms with Crippen LogP contribution in [0.15, 0.2) is 24.3 Å². The topological polar surface area (TPSA) is 12.0 Å². The number of piperidine rings is 1. The molecule has 1 aliphatic heterocycles. The SMILES string of the molecule is CC1CNCCC1Cc1cccc(C(F)(F)F)c1. The Morgan fingerprint density at radius 2 is 2.11 bits per heavy atom. The normalized spacial score (nSPS) is 25.1. The van der Waals surface area contributed by atoms with Gasteiger partial charge in [0.1, 0.15) is 0 Å². The molecule has 1 aromatic carbocycles. The van der Waals surface area contributed by atoms with Gasteiger partial charge < -0.3 is 5.32 Å². The summed E-state index contributed by atoms with van der Waals surface area (Å²) in [6, 6.07) is 5.72. The van der Waals surface area contributed by atoms with Crippen molar-refractivity contribution in [1.29, 1.82) is 0 Å². The van der Waals surface area contributed by atoms with E-state index in [4.69, 9.17) is 0 Å². The molecule has 1 saturated heterocycles. The largest absolute Gasteiger partial charge is 0.416 e. The van der Waals surface area contributed by atoms with Crippen LogP contribution in [-0.2, 0) is 12.6 Å². The first-order valence-electron chi connectivity index (χ1n) is 6.33. The van der Waals surface area contributed by atoms with Crippen LogP contribution in [0.4, 0.5) is 13.2 Å². The van der Waals surface area contributed by atoms with Crippen molar-refractivity contribution in [3.8, 4) is 0 Å². The summed E-state index contributed by atoms with van der Waals surface area (Å²) >= 11 is 0. The van der Waals surface area contributed by atoms with Crippen LogP contribution in [-0.4, -0.2) is 13.1 Å². The van der Waals surface area contributed by atoms with Gasteiger partial charge in [0.05, 0.1) is 5.56 Å². The average molecular weight is 257 g/mol. The predicted octanol–water partition coefficient (Wildman–Crippen LogP) is 3.49. The Kier molecular flexibility index (Phi) is 3.95. The summed E-state index contributed by atoms with van der Waals surface area (Å²) in [5, 5.41) is 3.31. The van der Waals surface area contributed by atoms with Crippen LogP contribution in [0.2, 0.25) is 0 Å². The highest BCUT2D eigenvalue weighted by molar-refractivity contribution is 5.26. The first-order chi connectivity index (χ1) is 8.47. The number of nitrogens with one attached hydrogen (secondary N) is 1. The summed E-state index contributed by atoms with van der Waals surface area (Å²) in [5.41, 5.74) is 0.255. The zero-order valence-electron chi connectivity index (χ0n) is 10.4. The molecule has 1 aromatic rings. The van der Waals surface area contributed by atoms with Gasteiger partial charge in [-0.3, -0.25) is 0 Å². The molecule has 0 amide bonds. The third-order valence-electron chi connectivity index (χ3n) is 3.72. The van der Waals surface area contributed by atoms with E-state index in [9.17, 15) is 13.2 Å². The number of halogens is 3. The molecule has 2 unspecified atom stereocenters. The van der Waals surface area contributed by atoms with Gasteiger partial charge in [-0.25, -0.2) is 0 Å². The predicted molar refractivity (Wildman–Crippen MR) is 65.3 cm³/mol. The summed E-state index contributed by atoms with van der Waals surface area (Å²) in [7, 11) is 0. The van der Waals surface area contributed by atoms with Gasteiger partial charge in [0.15, 0.2) is 0 Å². The molecule has 2 atom stereocenters. The smallest absolute Gasteiger partial charge is 0.316 e. The molecule has 18 heavy (non-hydrogen) atoms. The van der Waals surface area contributed by atoms with Gasteiger partial charge in [0, 0.05) is 0 Å². The summed E-state index contributed by atoms with van der Waals surface area (Å²) < 4.78 is 37.8. The minimum atomic E-state index is -4.24. The zero-order chi connectivity index (χ0) is 13.2. The minimum absolute atomic E-state index is 0.481. The Bertz CT molecular complexity index is 400. The van der Waals surface area contributed by atoms with Gasteiger partial charge in [-0.15, -0.1) is 0 Å². The van der Waals surface area contributed by atoms with Crippen LogP contribution in [0.5, 0.6) is 0 Å². The summed E-state index contributed by atoms with van der Waals surface area (Å²) in [6.45, 7) is 4.09. The van der Waals surface area contributed by atoms with Crippen molar-refractivity contribution in [3.05, 3.63) is 35.4 Å². The van der Waals surface area contributed by atoms with E-state index in [0.717, 1.165) is 37.6 Å². The summed E-state index contributed by atoms with van der Waals surface area (Å²) in [6.07, 6.45) is -2.46. The molecule has 1 nitrogen and oxygen atoms in total. The molecule has 100 valence electrons. The van der Waals surface area contributed by atoms with Gasteiger partial charge in [-0.2, -0.15) is 13.2 Å². The van der Waals surface area contributed by atoms with E-state index < -0.39 is 11.7 Å². The van der Waals surface area contributed by atoms with Crippen LogP contribution >= 0.6 is 0 Å². The monoisotopic (exact) mass is 257 g/mol. The van der Waals surface area contributed by atoms with Crippen molar-refractivity contribution < 1.29 is 13.2 Å². The third-order valence-corrected chi connectivity index (χ3v) is 3.72. The molecular formula is C14H18F3N. The molecule has 0 saturated carbocycles. The fourth-order valence-electron chi connectivity index (χ4n) is 2.55. The Balaban J connectivity index is 2.09. The highest BCUT2D eigenvalue weighted by atomic mass is 19.4. The van der Waals surface area contributed by atoms with E-state index in [2.05, 4.69) is 12.2 Å². The number of benzene rings is 1. The fourth-order valence-corrected chi connectivity index (χ4v) is 2.55. The van der Waals surface area contributed by atoms with E-state index >= 15 is 0 Å². The molecule has 1 fully saturated rings. The second kappa shape index (κ2) is 5.31. The van der Waals surface area contributed by atoms with Crippen molar-refractivity contribution >= 4 is 0 Å². The minimum Gasteiger partial charge on any atom is -0.316 e. The molecule has 0 aromatic heterocycles. The van der Waals surface area contributed by atoms with Crippen molar-refractivity contribution in [2.24, 2.45) is 11.8 Å². The average Bonchev–Trinajstić information content (AvgIpc) is 2.31. The molecule has 4 heteroatoms. The van der Waals surface area contributed by atoms with Crippen molar-refractivity contribution in [1.82, 2.24) is 5.32 Å². The van der Waals surface area contributed by atoms with Crippen molar-refractivity contribution in [3.63, 3.8) is 0 Å². The van der Waals surface area contributed by atoms with Crippen molar-refractivity contribution in [2.75, 3.05) is 13.1 Å². The Morgan fingerprint density at radius 3 is 2.78 bits per heavy atom. The number of alkyl halides is 3. The molecule has 0 radical (unpaired) electrons. The van der Waals surface area contributed by atoms with Crippen LogP contribution < -0.4 is 5.32 Å². The molecule has 0 aliphatic carbocycles. The highest BCUT2D eigenvalue weighted by Crippen LogP contribution is 2.31. The Labute approximate surface area is 105 Å². The van der Waals surface area contributed by atoms with Crippen molar-refractivity contribution in [2.45, 2.75) is 25.9 Å². The standard InChI is InChI=1S/C14H18F3N/c1-10-9-18-6-5-12(10)7-11-3-2-4-13(8-11)14(15,16)17/h2-4,8,10,12,18H,5-7,9H2,1H3. The third kappa shape index (κ3) is 3.25. The highest BCUT2D eigenvalue weighted by Gasteiger charge is 2.30. The lowest BCUT2D eigenvalue weighted by molar-refractivity contribution is -0.137. The van der Waals surface area contributed by atoms with Gasteiger partial charge in [0.2, 0.25) is 0 Å². The van der Waals surface area contributed by atoms with Gasteiger partial charge in [-0.1, -0.05) is 25.1 Å². The Hall–Kier alpha value is -1.03. The summed E-state index contributed by atoms with van der Waals surface area (Å²) in [4.78, 5) is 0. The van der Waals surface area contributed by atoms with Crippen LogP contribution in [0.25, 0.3) is 0 Å². The van der Waals surface area contributed by atoms with Crippen LogP contribution in [0, 0.1) is 11.8 Å². The van der Waals surface area contributed by atoms with Gasteiger partial charge in [0.25, 0.3) is 0 Å². The van der Waals surface area contributed by atoms with Crippen LogP contribution in [0.3, 0.4) is 0 Å². The lowest BCUT2D eigenvalue weighted by Gasteiger charge is -2.29. The van der Waals surface area contributed by atoms with E-state index in [0.29, 0.717) is 11.8 Å². The molecule has 0 spiro atoms. The maximum atomic E-state index is 12.6. The molecule has 1 N–H and O–H groups in total. The summed E-state index contributed by atoms with van der Waals surface area (Å²) in [5.74, 6) is 1.00. The lowest BCUT2D eigenvalue weighted by Crippen LogP contribution is -2.35. The fraction of sp³-hybridized carbons (Fsp3) is 0.571. The zero-order valence-corrected chi connectivity index (χ0v) is 10.4. The van der Waals surface area contributed by atoms with Gasteiger partial charge >= 0.3 is 6.18 Å².